The Morgan fingerprint density at radius 1 is 1.00 bits per heavy atom. The molecule has 32 heavy (non-hydrogen) atoms. The standard InChI is InChI=1S/C21H25ClN2O2.C2H2O4/c22-19-12-17(13-20-21(19)26-11-10-25-20)14-23-18-6-8-24(9-7-18)15-16-4-2-1-3-5-16;3-1(4)2(5)6/h1-5,12-13,18,23H,6-11,14-15H2;(H,3,4)(H,5,6). The summed E-state index contributed by atoms with van der Waals surface area (Å²) in [4.78, 5) is 20.7. The van der Waals surface area contributed by atoms with Gasteiger partial charge in [-0.05, 0) is 49.2 Å². The van der Waals surface area contributed by atoms with Gasteiger partial charge in [0.25, 0.3) is 0 Å². The van der Waals surface area contributed by atoms with Gasteiger partial charge in [-0.3, -0.25) is 4.90 Å². The third-order valence-corrected chi connectivity index (χ3v) is 5.55. The van der Waals surface area contributed by atoms with E-state index in [2.05, 4.69) is 40.5 Å². The number of hydrogen-bond donors (Lipinski definition) is 3. The molecule has 2 aromatic carbocycles. The zero-order valence-electron chi connectivity index (χ0n) is 17.6. The maximum atomic E-state index is 9.10. The molecule has 3 N–H and O–H groups in total. The monoisotopic (exact) mass is 462 g/mol. The fraction of sp³-hybridized carbons (Fsp3) is 0.391. The molecule has 2 aliphatic rings. The first-order chi connectivity index (χ1) is 15.4. The van der Waals surface area contributed by atoms with Crippen LogP contribution in [0.4, 0.5) is 0 Å². The second-order valence-corrected chi connectivity index (χ2v) is 8.04. The first-order valence-corrected chi connectivity index (χ1v) is 10.8. The molecule has 1 fully saturated rings. The summed E-state index contributed by atoms with van der Waals surface area (Å²) in [5, 5.41) is 19.1. The number of piperidine rings is 1. The summed E-state index contributed by atoms with van der Waals surface area (Å²) < 4.78 is 11.2. The van der Waals surface area contributed by atoms with Gasteiger partial charge in [0.1, 0.15) is 13.2 Å². The first kappa shape index (κ1) is 23.8. The van der Waals surface area contributed by atoms with Crippen molar-refractivity contribution in [1.82, 2.24) is 10.2 Å². The molecule has 0 radical (unpaired) electrons. The Bertz CT molecular complexity index is 904. The highest BCUT2D eigenvalue weighted by atomic mass is 35.5. The molecule has 0 bridgehead atoms. The highest BCUT2D eigenvalue weighted by Crippen LogP contribution is 2.38. The van der Waals surface area contributed by atoms with Crippen LogP contribution in [0.5, 0.6) is 11.5 Å². The molecule has 8 nitrogen and oxygen atoms in total. The smallest absolute Gasteiger partial charge is 0.414 e. The van der Waals surface area contributed by atoms with Gasteiger partial charge in [-0.15, -0.1) is 0 Å². The van der Waals surface area contributed by atoms with Gasteiger partial charge < -0.3 is 25.0 Å². The lowest BCUT2D eigenvalue weighted by molar-refractivity contribution is -0.159. The molecule has 1 saturated heterocycles. The number of nitrogens with one attached hydrogen (secondary N) is 1. The molecule has 2 aromatic rings. The van der Waals surface area contributed by atoms with E-state index >= 15 is 0 Å². The van der Waals surface area contributed by atoms with Gasteiger partial charge in [0, 0.05) is 19.1 Å². The topological polar surface area (TPSA) is 108 Å². The molecule has 9 heteroatoms. The second kappa shape index (κ2) is 11.7. The van der Waals surface area contributed by atoms with Crippen LogP contribution in [0, 0.1) is 0 Å². The lowest BCUT2D eigenvalue weighted by atomic mass is 10.0. The molecule has 2 aliphatic heterocycles. The maximum Gasteiger partial charge on any atom is 0.414 e. The van der Waals surface area contributed by atoms with Crippen molar-refractivity contribution in [2.75, 3.05) is 26.3 Å². The lowest BCUT2D eigenvalue weighted by Crippen LogP contribution is -2.41. The van der Waals surface area contributed by atoms with Gasteiger partial charge in [-0.25, -0.2) is 9.59 Å². The van der Waals surface area contributed by atoms with Gasteiger partial charge in [0.2, 0.25) is 0 Å². The maximum absolute atomic E-state index is 9.10. The SMILES string of the molecule is Clc1cc(CNC2CCN(Cc3ccccc3)CC2)cc2c1OCCO2.O=C(O)C(=O)O. The number of benzene rings is 2. The number of likely N-dealkylation sites (tertiary alicyclic amines) is 1. The number of carbonyl (C=O) groups is 2. The summed E-state index contributed by atoms with van der Waals surface area (Å²) in [7, 11) is 0. The number of ether oxygens (including phenoxy) is 2. The van der Waals surface area contributed by atoms with Crippen LogP contribution in [0.3, 0.4) is 0 Å². The number of carboxylic acid groups (broad SMARTS) is 2. The van der Waals surface area contributed by atoms with Crippen LogP contribution in [-0.4, -0.2) is 59.4 Å². The first-order valence-electron chi connectivity index (χ1n) is 10.5. The summed E-state index contributed by atoms with van der Waals surface area (Å²) in [6.07, 6.45) is 2.34. The van der Waals surface area contributed by atoms with E-state index in [-0.39, 0.29) is 0 Å². The number of nitrogens with zero attached hydrogens (tertiary/aromatic N) is 1. The summed E-state index contributed by atoms with van der Waals surface area (Å²) in [5.74, 6) is -2.21. The van der Waals surface area contributed by atoms with Crippen molar-refractivity contribution in [2.45, 2.75) is 32.0 Å². The second-order valence-electron chi connectivity index (χ2n) is 7.63. The molecule has 4 rings (SSSR count). The average molecular weight is 463 g/mol. The van der Waals surface area contributed by atoms with Crippen LogP contribution in [0.1, 0.15) is 24.0 Å². The molecule has 172 valence electrons. The third-order valence-electron chi connectivity index (χ3n) is 5.27. The summed E-state index contributed by atoms with van der Waals surface area (Å²) in [5.41, 5.74) is 2.54. The number of halogens is 1. The molecular weight excluding hydrogens is 436 g/mol. The van der Waals surface area contributed by atoms with Gasteiger partial charge >= 0.3 is 11.9 Å². The van der Waals surface area contributed by atoms with Crippen molar-refractivity contribution in [1.29, 1.82) is 0 Å². The minimum Gasteiger partial charge on any atom is -0.486 e. The minimum atomic E-state index is -1.82. The fourth-order valence-corrected chi connectivity index (χ4v) is 3.95. The van der Waals surface area contributed by atoms with Crippen molar-refractivity contribution in [3.63, 3.8) is 0 Å². The summed E-state index contributed by atoms with van der Waals surface area (Å²) in [6.45, 7) is 5.26. The number of hydrogen-bond acceptors (Lipinski definition) is 6. The van der Waals surface area contributed by atoms with Gasteiger partial charge in [-0.2, -0.15) is 0 Å². The van der Waals surface area contributed by atoms with Crippen molar-refractivity contribution >= 4 is 23.5 Å². The van der Waals surface area contributed by atoms with E-state index in [0.717, 1.165) is 37.5 Å². The zero-order valence-corrected chi connectivity index (χ0v) is 18.4. The van der Waals surface area contributed by atoms with Crippen LogP contribution in [0.2, 0.25) is 5.02 Å². The van der Waals surface area contributed by atoms with Crippen LogP contribution < -0.4 is 14.8 Å². The third kappa shape index (κ3) is 7.12. The van der Waals surface area contributed by atoms with Gasteiger partial charge in [-0.1, -0.05) is 41.9 Å². The quantitative estimate of drug-likeness (QED) is 0.582. The van der Waals surface area contributed by atoms with Crippen molar-refractivity contribution in [3.05, 3.63) is 58.6 Å². The predicted molar refractivity (Wildman–Crippen MR) is 119 cm³/mol. The van der Waals surface area contributed by atoms with Crippen LogP contribution >= 0.6 is 11.6 Å². The number of rotatable bonds is 5. The highest BCUT2D eigenvalue weighted by molar-refractivity contribution is 6.32. The van der Waals surface area contributed by atoms with E-state index in [9.17, 15) is 0 Å². The van der Waals surface area contributed by atoms with Crippen LogP contribution in [0.25, 0.3) is 0 Å². The lowest BCUT2D eigenvalue weighted by Gasteiger charge is -2.32. The van der Waals surface area contributed by atoms with Crippen molar-refractivity contribution in [2.24, 2.45) is 0 Å². The molecule has 0 aromatic heterocycles. The Labute approximate surface area is 191 Å². The van der Waals surface area contributed by atoms with E-state index in [1.54, 1.807) is 0 Å². The van der Waals surface area contributed by atoms with Crippen molar-refractivity contribution in [3.8, 4) is 11.5 Å². The zero-order chi connectivity index (χ0) is 22.9. The molecule has 0 saturated carbocycles. The van der Waals surface area contributed by atoms with Crippen LogP contribution in [-0.2, 0) is 22.7 Å². The molecule has 0 amide bonds. The van der Waals surface area contributed by atoms with E-state index in [1.165, 1.54) is 18.4 Å². The largest absolute Gasteiger partial charge is 0.486 e. The Hall–Kier alpha value is -2.81. The molecule has 0 unspecified atom stereocenters. The van der Waals surface area contributed by atoms with E-state index in [0.29, 0.717) is 30.0 Å². The molecular formula is C23H27ClN2O6. The predicted octanol–water partition coefficient (Wildman–Crippen LogP) is 3.02. The number of fused-ring (bicyclic) bond motifs is 1. The van der Waals surface area contributed by atoms with Gasteiger partial charge in [0.05, 0.1) is 5.02 Å². The Kier molecular flexibility index (Phi) is 8.72. The Balaban J connectivity index is 0.000000427. The molecule has 0 spiro atoms. The molecule has 2 heterocycles. The highest BCUT2D eigenvalue weighted by Gasteiger charge is 2.20. The minimum absolute atomic E-state index is 0.550. The summed E-state index contributed by atoms with van der Waals surface area (Å²) >= 11 is 6.33. The summed E-state index contributed by atoms with van der Waals surface area (Å²) in [6, 6.07) is 15.3. The fourth-order valence-electron chi connectivity index (χ4n) is 3.67. The molecule has 0 atom stereocenters. The van der Waals surface area contributed by atoms with E-state index < -0.39 is 11.9 Å². The Morgan fingerprint density at radius 3 is 2.31 bits per heavy atom. The number of carboxylic acids is 2. The van der Waals surface area contributed by atoms with Crippen molar-refractivity contribution < 1.29 is 29.3 Å². The van der Waals surface area contributed by atoms with E-state index in [1.807, 2.05) is 12.1 Å². The Morgan fingerprint density at radius 2 is 1.66 bits per heavy atom. The average Bonchev–Trinajstić information content (AvgIpc) is 2.80. The molecule has 0 aliphatic carbocycles. The normalized spacial score (nSPS) is 16.0. The number of aliphatic carboxylic acids is 2. The van der Waals surface area contributed by atoms with E-state index in [4.69, 9.17) is 40.9 Å². The van der Waals surface area contributed by atoms with Crippen LogP contribution in [0.15, 0.2) is 42.5 Å². The van der Waals surface area contributed by atoms with Gasteiger partial charge in [0.15, 0.2) is 11.5 Å².